The number of benzene rings is 3. The van der Waals surface area contributed by atoms with Gasteiger partial charge in [-0.05, 0) is 66.1 Å². The van der Waals surface area contributed by atoms with Gasteiger partial charge in [-0.2, -0.15) is 0 Å². The highest BCUT2D eigenvalue weighted by Crippen LogP contribution is 2.45. The van der Waals surface area contributed by atoms with Gasteiger partial charge in [0.05, 0.1) is 11.6 Å². The highest BCUT2D eigenvalue weighted by Gasteiger charge is 2.48. The molecule has 1 aromatic heterocycles. The van der Waals surface area contributed by atoms with Crippen molar-refractivity contribution in [2.75, 3.05) is 4.90 Å². The Morgan fingerprint density at radius 2 is 1.88 bits per heavy atom. The molecule has 4 aromatic rings. The quantitative estimate of drug-likeness (QED) is 0.0820. The highest BCUT2D eigenvalue weighted by molar-refractivity contribution is 8.00. The molecule has 3 aromatic carbocycles. The average molecular weight is 611 g/mol. The van der Waals surface area contributed by atoms with E-state index in [0.29, 0.717) is 37.7 Å². The van der Waals surface area contributed by atoms with Gasteiger partial charge in [0.1, 0.15) is 17.6 Å². The van der Waals surface area contributed by atoms with Crippen LogP contribution in [-0.2, 0) is 21.8 Å². The topological polar surface area (TPSA) is 92.6 Å². The summed E-state index contributed by atoms with van der Waals surface area (Å²) in [5.41, 5.74) is 2.94. The van der Waals surface area contributed by atoms with E-state index in [1.807, 2.05) is 31.2 Å². The number of aliphatic hydroxyl groups is 1. The molecular weight excluding hydrogens is 589 g/mol. The highest BCUT2D eigenvalue weighted by atomic mass is 35.5. The van der Waals surface area contributed by atoms with Crippen molar-refractivity contribution >= 4 is 68.9 Å². The number of aliphatic hydroxyl groups excluding tert-OH is 1. The van der Waals surface area contributed by atoms with E-state index >= 15 is 0 Å². The van der Waals surface area contributed by atoms with Crippen molar-refractivity contribution in [3.05, 3.63) is 105 Å². The Balaban J connectivity index is 1.38. The molecule has 202 valence electrons. The van der Waals surface area contributed by atoms with Gasteiger partial charge in [0.25, 0.3) is 5.78 Å². The third-order valence-electron chi connectivity index (χ3n) is 6.66. The van der Waals surface area contributed by atoms with Crippen LogP contribution in [0.15, 0.2) is 76.6 Å². The first-order valence-corrected chi connectivity index (χ1v) is 14.9. The van der Waals surface area contributed by atoms with Crippen LogP contribution in [0.1, 0.15) is 35.2 Å². The van der Waals surface area contributed by atoms with E-state index < -0.39 is 17.7 Å². The molecule has 2 aliphatic heterocycles. The van der Waals surface area contributed by atoms with Gasteiger partial charge in [0.15, 0.2) is 4.34 Å². The number of nitrogens with zero attached hydrogens (tertiary/aromatic N) is 3. The van der Waals surface area contributed by atoms with Crippen LogP contribution in [0.25, 0.3) is 5.76 Å². The van der Waals surface area contributed by atoms with Gasteiger partial charge in [-0.25, -0.2) is 0 Å². The number of anilines is 1. The van der Waals surface area contributed by atoms with Crippen LogP contribution in [0.5, 0.6) is 5.75 Å². The van der Waals surface area contributed by atoms with Crippen molar-refractivity contribution in [2.45, 2.75) is 35.6 Å². The summed E-state index contributed by atoms with van der Waals surface area (Å²) in [5, 5.41) is 21.3. The molecule has 40 heavy (non-hydrogen) atoms. The molecule has 2 atom stereocenters. The summed E-state index contributed by atoms with van der Waals surface area (Å²) in [6.07, 6.45) is 0.706. The standard InChI is InChI=1S/C29H21Cl2N3O4S2/c1-15-11-19-12-18(7-10-22(19)38-15)25(35)23-24(17-3-2-4-21(31)13-17)34(27(37)26(23)36)28-32-33-29(40-28)39-14-16-5-8-20(30)9-6-16/h2-10,12-13,15,24,35H,11,14H2,1H3. The Bertz CT molecular complexity index is 1670. The first kappa shape index (κ1) is 26.8. The normalized spacial score (nSPS) is 19.6. The fourth-order valence-corrected chi connectivity index (χ4v) is 6.98. The Labute approximate surface area is 248 Å². The number of carbonyl (C=O) groups is 2. The van der Waals surface area contributed by atoms with E-state index in [1.165, 1.54) is 28.0 Å². The zero-order chi connectivity index (χ0) is 28.0. The number of rotatable bonds is 6. The Hall–Kier alpha value is -3.37. The summed E-state index contributed by atoms with van der Waals surface area (Å²) in [7, 11) is 0. The molecule has 0 radical (unpaired) electrons. The molecule has 1 saturated heterocycles. The largest absolute Gasteiger partial charge is 0.507 e. The summed E-state index contributed by atoms with van der Waals surface area (Å²) < 4.78 is 6.41. The van der Waals surface area contributed by atoms with Crippen molar-refractivity contribution in [2.24, 2.45) is 0 Å². The number of hydrogen-bond acceptors (Lipinski definition) is 8. The number of carbonyl (C=O) groups excluding carboxylic acids is 2. The Morgan fingerprint density at radius 3 is 2.65 bits per heavy atom. The second-order valence-electron chi connectivity index (χ2n) is 9.44. The summed E-state index contributed by atoms with van der Waals surface area (Å²) in [6, 6.07) is 18.7. The number of thioether (sulfide) groups is 1. The van der Waals surface area contributed by atoms with Gasteiger partial charge in [-0.3, -0.25) is 14.5 Å². The molecular formula is C29H21Cl2N3O4S2. The second kappa shape index (κ2) is 10.9. The predicted molar refractivity (Wildman–Crippen MR) is 157 cm³/mol. The zero-order valence-corrected chi connectivity index (χ0v) is 24.2. The number of amides is 1. The fraction of sp³-hybridized carbons (Fsp3) is 0.172. The monoisotopic (exact) mass is 609 g/mol. The molecule has 0 saturated carbocycles. The van der Waals surface area contributed by atoms with Gasteiger partial charge >= 0.3 is 5.91 Å². The number of ether oxygens (including phenoxy) is 1. The summed E-state index contributed by atoms with van der Waals surface area (Å²) in [4.78, 5) is 28.2. The van der Waals surface area contributed by atoms with Crippen molar-refractivity contribution in [1.82, 2.24) is 10.2 Å². The van der Waals surface area contributed by atoms with Crippen LogP contribution in [0.4, 0.5) is 5.13 Å². The molecule has 2 unspecified atom stereocenters. The summed E-state index contributed by atoms with van der Waals surface area (Å²) >= 11 is 14.9. The minimum atomic E-state index is -0.941. The molecule has 3 heterocycles. The van der Waals surface area contributed by atoms with E-state index in [1.54, 1.807) is 42.5 Å². The molecule has 1 amide bonds. The molecule has 1 fully saturated rings. The molecule has 7 nitrogen and oxygen atoms in total. The van der Waals surface area contributed by atoms with E-state index in [-0.39, 0.29) is 22.6 Å². The minimum Gasteiger partial charge on any atom is -0.507 e. The molecule has 2 aliphatic rings. The van der Waals surface area contributed by atoms with Gasteiger partial charge in [-0.1, -0.05) is 70.6 Å². The minimum absolute atomic E-state index is 0.0218. The summed E-state index contributed by atoms with van der Waals surface area (Å²) in [5.74, 6) is -0.500. The first-order valence-electron chi connectivity index (χ1n) is 12.4. The maximum Gasteiger partial charge on any atom is 0.301 e. The fourth-order valence-electron chi connectivity index (χ4n) is 4.83. The number of fused-ring (bicyclic) bond motifs is 1. The molecule has 0 bridgehead atoms. The van der Waals surface area contributed by atoms with Gasteiger partial charge in [-0.15, -0.1) is 10.2 Å². The number of halogens is 2. The van der Waals surface area contributed by atoms with E-state index in [4.69, 9.17) is 27.9 Å². The van der Waals surface area contributed by atoms with Crippen LogP contribution in [0.3, 0.4) is 0 Å². The van der Waals surface area contributed by atoms with Crippen molar-refractivity contribution in [3.8, 4) is 5.75 Å². The third kappa shape index (κ3) is 5.10. The number of hydrogen-bond donors (Lipinski definition) is 1. The zero-order valence-electron chi connectivity index (χ0n) is 21.0. The van der Waals surface area contributed by atoms with E-state index in [2.05, 4.69) is 10.2 Å². The lowest BCUT2D eigenvalue weighted by atomic mass is 9.94. The number of aromatic nitrogens is 2. The number of ketones is 1. The van der Waals surface area contributed by atoms with Crippen LogP contribution in [0, 0.1) is 0 Å². The predicted octanol–water partition coefficient (Wildman–Crippen LogP) is 7.09. The van der Waals surface area contributed by atoms with Crippen LogP contribution < -0.4 is 9.64 Å². The van der Waals surface area contributed by atoms with Gasteiger partial charge in [0, 0.05) is 27.8 Å². The SMILES string of the molecule is CC1Cc2cc(C(O)=C3C(=O)C(=O)N(c4nnc(SCc5ccc(Cl)cc5)s4)C3c3cccc(Cl)c3)ccc2O1. The van der Waals surface area contributed by atoms with Gasteiger partial charge in [0.2, 0.25) is 5.13 Å². The lowest BCUT2D eigenvalue weighted by Crippen LogP contribution is -2.29. The first-order chi connectivity index (χ1) is 19.3. The molecule has 11 heteroatoms. The molecule has 0 aliphatic carbocycles. The van der Waals surface area contributed by atoms with Crippen LogP contribution >= 0.6 is 46.3 Å². The van der Waals surface area contributed by atoms with Crippen LogP contribution in [-0.4, -0.2) is 33.1 Å². The third-order valence-corrected chi connectivity index (χ3v) is 9.27. The Kier molecular flexibility index (Phi) is 7.31. The number of Topliss-reactive ketones (excluding diaryl/α,β-unsaturated/α-hetero) is 1. The second-order valence-corrected chi connectivity index (χ2v) is 12.5. The van der Waals surface area contributed by atoms with Crippen LogP contribution in [0.2, 0.25) is 10.0 Å². The molecule has 0 spiro atoms. The maximum atomic E-state index is 13.5. The lowest BCUT2D eigenvalue weighted by molar-refractivity contribution is -0.132. The van der Waals surface area contributed by atoms with Crippen molar-refractivity contribution in [3.63, 3.8) is 0 Å². The Morgan fingerprint density at radius 1 is 1.07 bits per heavy atom. The van der Waals surface area contributed by atoms with Crippen molar-refractivity contribution in [1.29, 1.82) is 0 Å². The molecule has 1 N–H and O–H groups in total. The average Bonchev–Trinajstić information content (AvgIpc) is 3.63. The maximum absolute atomic E-state index is 13.5. The van der Waals surface area contributed by atoms with Gasteiger partial charge < -0.3 is 9.84 Å². The summed E-state index contributed by atoms with van der Waals surface area (Å²) in [6.45, 7) is 1.97. The van der Waals surface area contributed by atoms with E-state index in [9.17, 15) is 14.7 Å². The van der Waals surface area contributed by atoms with E-state index in [0.717, 1.165) is 16.9 Å². The van der Waals surface area contributed by atoms with Crippen molar-refractivity contribution < 1.29 is 19.4 Å². The lowest BCUT2D eigenvalue weighted by Gasteiger charge is -2.22. The molecule has 6 rings (SSSR count). The smallest absolute Gasteiger partial charge is 0.301 e.